The van der Waals surface area contributed by atoms with Crippen molar-refractivity contribution in [1.29, 1.82) is 0 Å². The number of piperidine rings is 1. The molecule has 20 heavy (non-hydrogen) atoms. The van der Waals surface area contributed by atoms with Crippen molar-refractivity contribution in [2.45, 2.75) is 26.7 Å². The van der Waals surface area contributed by atoms with Crippen LogP contribution in [0.1, 0.15) is 25.8 Å². The minimum absolute atomic E-state index is 0.0994. The Labute approximate surface area is 121 Å². The summed E-state index contributed by atoms with van der Waals surface area (Å²) in [5, 5.41) is 3.41. The first-order valence-corrected chi connectivity index (χ1v) is 7.74. The number of nitrogens with zero attached hydrogens (tertiary/aromatic N) is 1. The van der Waals surface area contributed by atoms with E-state index in [2.05, 4.69) is 42.3 Å². The minimum atomic E-state index is 0.0994. The molecular formula is C17H24N2O. The number of hydrogen-bond acceptors (Lipinski definition) is 2. The molecule has 3 heteroatoms. The quantitative estimate of drug-likeness (QED) is 0.852. The highest BCUT2D eigenvalue weighted by atomic mass is 16.2. The van der Waals surface area contributed by atoms with E-state index in [1.54, 1.807) is 0 Å². The van der Waals surface area contributed by atoms with Gasteiger partial charge in [0.25, 0.3) is 0 Å². The first kappa shape index (κ1) is 13.5. The maximum Gasteiger partial charge on any atom is 0.227 e. The van der Waals surface area contributed by atoms with E-state index in [0.717, 1.165) is 26.1 Å². The first-order chi connectivity index (χ1) is 9.63. The van der Waals surface area contributed by atoms with Crippen molar-refractivity contribution in [3.05, 3.63) is 29.8 Å². The Kier molecular flexibility index (Phi) is 3.68. The van der Waals surface area contributed by atoms with Gasteiger partial charge in [0.2, 0.25) is 5.91 Å². The van der Waals surface area contributed by atoms with E-state index in [0.29, 0.717) is 17.7 Å². The van der Waals surface area contributed by atoms with Crippen LogP contribution < -0.4 is 5.32 Å². The molecule has 1 saturated heterocycles. The number of amides is 1. The molecule has 0 saturated carbocycles. The first-order valence-electron chi connectivity index (χ1n) is 7.74. The Morgan fingerprint density at radius 1 is 1.20 bits per heavy atom. The van der Waals surface area contributed by atoms with Crippen LogP contribution in [0.4, 0.5) is 5.69 Å². The smallest absolute Gasteiger partial charge is 0.227 e. The molecule has 1 N–H and O–H groups in total. The van der Waals surface area contributed by atoms with Crippen molar-refractivity contribution in [2.75, 3.05) is 25.0 Å². The van der Waals surface area contributed by atoms with E-state index in [4.69, 9.17) is 0 Å². The van der Waals surface area contributed by atoms with Gasteiger partial charge < -0.3 is 10.2 Å². The van der Waals surface area contributed by atoms with Gasteiger partial charge in [0.1, 0.15) is 0 Å². The van der Waals surface area contributed by atoms with Crippen LogP contribution in [-0.4, -0.2) is 30.4 Å². The molecule has 3 nitrogen and oxygen atoms in total. The van der Waals surface area contributed by atoms with Gasteiger partial charge in [-0.05, 0) is 36.3 Å². The lowest BCUT2D eigenvalue weighted by atomic mass is 9.88. The van der Waals surface area contributed by atoms with Crippen molar-refractivity contribution >= 4 is 11.6 Å². The fourth-order valence-electron chi connectivity index (χ4n) is 3.72. The van der Waals surface area contributed by atoms with Crippen molar-refractivity contribution in [2.24, 2.45) is 17.8 Å². The van der Waals surface area contributed by atoms with Crippen molar-refractivity contribution in [3.63, 3.8) is 0 Å². The zero-order chi connectivity index (χ0) is 14.1. The van der Waals surface area contributed by atoms with Gasteiger partial charge in [-0.15, -0.1) is 0 Å². The maximum atomic E-state index is 12.7. The molecule has 108 valence electrons. The lowest BCUT2D eigenvalue weighted by Gasteiger charge is -2.38. The van der Waals surface area contributed by atoms with Gasteiger partial charge in [-0.3, -0.25) is 4.79 Å². The molecule has 1 aromatic rings. The molecule has 2 aliphatic heterocycles. The average Bonchev–Trinajstić information content (AvgIpc) is 2.45. The summed E-state index contributed by atoms with van der Waals surface area (Å²) in [6, 6.07) is 8.32. The normalized spacial score (nSPS) is 29.5. The highest BCUT2D eigenvalue weighted by Crippen LogP contribution is 2.28. The summed E-state index contributed by atoms with van der Waals surface area (Å²) in [6.07, 6.45) is 2.12. The van der Waals surface area contributed by atoms with Crippen LogP contribution in [0.2, 0.25) is 0 Å². The second-order valence-corrected chi connectivity index (χ2v) is 6.63. The number of carbonyl (C=O) groups excluding carboxylic acids is 1. The molecule has 1 fully saturated rings. The zero-order valence-corrected chi connectivity index (χ0v) is 12.4. The van der Waals surface area contributed by atoms with E-state index in [-0.39, 0.29) is 5.92 Å². The standard InChI is InChI=1S/C17H24N2O/c1-12-7-13(2)11-19(10-12)17(20)15-8-14-5-3-4-6-16(14)18-9-15/h3-6,12-13,15,18H,7-11H2,1-2H3. The van der Waals surface area contributed by atoms with E-state index in [1.807, 2.05) is 6.07 Å². The van der Waals surface area contributed by atoms with Crippen LogP contribution in [0, 0.1) is 17.8 Å². The number of likely N-dealkylation sites (tertiary alicyclic amines) is 1. The van der Waals surface area contributed by atoms with Gasteiger partial charge in [-0.1, -0.05) is 32.0 Å². The van der Waals surface area contributed by atoms with Crippen LogP contribution in [-0.2, 0) is 11.2 Å². The third-order valence-electron chi connectivity index (χ3n) is 4.55. The highest BCUT2D eigenvalue weighted by Gasteiger charge is 2.31. The van der Waals surface area contributed by atoms with Gasteiger partial charge in [-0.25, -0.2) is 0 Å². The molecule has 0 spiro atoms. The predicted octanol–water partition coefficient (Wildman–Crippen LogP) is 2.78. The number of para-hydroxylation sites is 1. The zero-order valence-electron chi connectivity index (χ0n) is 12.4. The molecule has 0 bridgehead atoms. The summed E-state index contributed by atoms with van der Waals surface area (Å²) in [5.74, 6) is 1.70. The van der Waals surface area contributed by atoms with E-state index < -0.39 is 0 Å². The van der Waals surface area contributed by atoms with Gasteiger partial charge >= 0.3 is 0 Å². The molecule has 2 heterocycles. The summed E-state index contributed by atoms with van der Waals surface area (Å²) in [6.45, 7) is 7.15. The van der Waals surface area contributed by atoms with E-state index >= 15 is 0 Å². The van der Waals surface area contributed by atoms with Gasteiger partial charge in [0.05, 0.1) is 5.92 Å². The molecule has 3 atom stereocenters. The monoisotopic (exact) mass is 272 g/mol. The summed E-state index contributed by atoms with van der Waals surface area (Å²) in [4.78, 5) is 14.8. The molecular weight excluding hydrogens is 248 g/mol. The Hall–Kier alpha value is -1.51. The van der Waals surface area contributed by atoms with E-state index in [9.17, 15) is 4.79 Å². The van der Waals surface area contributed by atoms with Crippen LogP contribution in [0.5, 0.6) is 0 Å². The lowest BCUT2D eigenvalue weighted by Crippen LogP contribution is -2.47. The number of nitrogens with one attached hydrogen (secondary N) is 1. The van der Waals surface area contributed by atoms with Crippen LogP contribution >= 0.6 is 0 Å². The van der Waals surface area contributed by atoms with Crippen molar-refractivity contribution in [3.8, 4) is 0 Å². The SMILES string of the molecule is CC1CC(C)CN(C(=O)C2CNc3ccccc3C2)C1. The minimum Gasteiger partial charge on any atom is -0.384 e. The molecule has 0 aromatic heterocycles. The largest absolute Gasteiger partial charge is 0.384 e. The van der Waals surface area contributed by atoms with Crippen molar-refractivity contribution < 1.29 is 4.79 Å². The number of carbonyl (C=O) groups is 1. The Balaban J connectivity index is 1.69. The van der Waals surface area contributed by atoms with Gasteiger partial charge in [0, 0.05) is 25.3 Å². The fourth-order valence-corrected chi connectivity index (χ4v) is 3.72. The second kappa shape index (κ2) is 5.47. The second-order valence-electron chi connectivity index (χ2n) is 6.63. The number of anilines is 1. The predicted molar refractivity (Wildman–Crippen MR) is 81.7 cm³/mol. The summed E-state index contributed by atoms with van der Waals surface area (Å²) in [7, 11) is 0. The van der Waals surface area contributed by atoms with Crippen LogP contribution in [0.3, 0.4) is 0 Å². The fraction of sp³-hybridized carbons (Fsp3) is 0.588. The summed E-state index contributed by atoms with van der Waals surface area (Å²) < 4.78 is 0. The van der Waals surface area contributed by atoms with E-state index in [1.165, 1.54) is 17.7 Å². The molecule has 0 radical (unpaired) electrons. The number of rotatable bonds is 1. The summed E-state index contributed by atoms with van der Waals surface area (Å²) in [5.41, 5.74) is 2.46. The average molecular weight is 272 g/mol. The Bertz CT molecular complexity index is 490. The van der Waals surface area contributed by atoms with Gasteiger partial charge in [0.15, 0.2) is 0 Å². The molecule has 0 aliphatic carbocycles. The number of benzene rings is 1. The third-order valence-corrected chi connectivity index (χ3v) is 4.55. The Morgan fingerprint density at radius 2 is 1.90 bits per heavy atom. The van der Waals surface area contributed by atoms with Gasteiger partial charge in [-0.2, -0.15) is 0 Å². The highest BCUT2D eigenvalue weighted by molar-refractivity contribution is 5.81. The van der Waals surface area contributed by atoms with Crippen molar-refractivity contribution in [1.82, 2.24) is 4.90 Å². The Morgan fingerprint density at radius 3 is 2.65 bits per heavy atom. The molecule has 1 aromatic carbocycles. The van der Waals surface area contributed by atoms with Crippen LogP contribution in [0.15, 0.2) is 24.3 Å². The topological polar surface area (TPSA) is 32.3 Å². The third kappa shape index (κ3) is 2.67. The molecule has 3 rings (SSSR count). The lowest BCUT2D eigenvalue weighted by molar-refractivity contribution is -0.137. The molecule has 3 unspecified atom stereocenters. The molecule has 2 aliphatic rings. The van der Waals surface area contributed by atoms with Crippen LogP contribution in [0.25, 0.3) is 0 Å². The number of hydrogen-bond donors (Lipinski definition) is 1. The maximum absolute atomic E-state index is 12.7. The molecule has 1 amide bonds. The summed E-state index contributed by atoms with van der Waals surface area (Å²) >= 11 is 0. The number of fused-ring (bicyclic) bond motifs is 1.